The number of aromatic nitrogens is 3. The van der Waals surface area contributed by atoms with Gasteiger partial charge in [0.1, 0.15) is 6.54 Å². The van der Waals surface area contributed by atoms with Crippen LogP contribution in [0.5, 0.6) is 0 Å². The van der Waals surface area contributed by atoms with Crippen LogP contribution in [0.15, 0.2) is 65.5 Å². The lowest BCUT2D eigenvalue weighted by Crippen LogP contribution is -2.37. The van der Waals surface area contributed by atoms with Crippen molar-refractivity contribution < 1.29 is 9.59 Å². The van der Waals surface area contributed by atoms with E-state index in [2.05, 4.69) is 10.4 Å². The number of fused-ring (bicyclic) bond motifs is 1. The highest BCUT2D eigenvalue weighted by molar-refractivity contribution is 5.96. The number of nitrogens with zero attached hydrogens (tertiary/aromatic N) is 4. The van der Waals surface area contributed by atoms with E-state index in [9.17, 15) is 14.4 Å². The molecule has 27 heavy (non-hydrogen) atoms. The summed E-state index contributed by atoms with van der Waals surface area (Å²) in [5.74, 6) is -0.0187. The quantitative estimate of drug-likeness (QED) is 0.741. The molecular formula is C19H17N5O3. The van der Waals surface area contributed by atoms with Crippen molar-refractivity contribution in [2.24, 2.45) is 0 Å². The van der Waals surface area contributed by atoms with Crippen LogP contribution in [-0.2, 0) is 24.4 Å². The van der Waals surface area contributed by atoms with Gasteiger partial charge in [-0.15, -0.1) is 0 Å². The van der Waals surface area contributed by atoms with Gasteiger partial charge >= 0.3 is 11.7 Å². The third-order valence-corrected chi connectivity index (χ3v) is 4.32. The number of rotatable bonds is 5. The third-order valence-electron chi connectivity index (χ3n) is 4.32. The second-order valence-electron chi connectivity index (χ2n) is 6.16. The Balaban J connectivity index is 1.45. The molecule has 2 amide bonds. The van der Waals surface area contributed by atoms with E-state index < -0.39 is 11.7 Å². The first-order valence-electron chi connectivity index (χ1n) is 8.50. The van der Waals surface area contributed by atoms with Gasteiger partial charge in [0.05, 0.1) is 6.54 Å². The summed E-state index contributed by atoms with van der Waals surface area (Å²) in [4.78, 5) is 38.6. The van der Waals surface area contributed by atoms with Crippen molar-refractivity contribution in [2.45, 2.75) is 19.6 Å². The van der Waals surface area contributed by atoms with Crippen molar-refractivity contribution in [3.63, 3.8) is 0 Å². The van der Waals surface area contributed by atoms with Gasteiger partial charge in [-0.3, -0.25) is 9.69 Å². The maximum absolute atomic E-state index is 12.6. The van der Waals surface area contributed by atoms with E-state index in [1.807, 2.05) is 48.5 Å². The van der Waals surface area contributed by atoms with Crippen molar-refractivity contribution in [3.8, 4) is 0 Å². The minimum absolute atomic E-state index is 0.191. The summed E-state index contributed by atoms with van der Waals surface area (Å²) >= 11 is 0. The van der Waals surface area contributed by atoms with E-state index in [1.165, 1.54) is 4.90 Å². The largest absolute Gasteiger partial charge is 0.354 e. The number of hydrogen-bond acceptors (Lipinski definition) is 4. The first kappa shape index (κ1) is 16.8. The molecule has 3 aromatic rings. The predicted molar refractivity (Wildman–Crippen MR) is 98.2 cm³/mol. The number of anilines is 1. The van der Waals surface area contributed by atoms with E-state index in [-0.39, 0.29) is 19.0 Å². The summed E-state index contributed by atoms with van der Waals surface area (Å²) in [6.45, 7) is 0.323. The topological polar surface area (TPSA) is 89.2 Å². The molecule has 2 heterocycles. The first-order valence-corrected chi connectivity index (χ1v) is 8.50. The highest BCUT2D eigenvalue weighted by Gasteiger charge is 2.33. The highest BCUT2D eigenvalue weighted by atomic mass is 16.2. The second kappa shape index (κ2) is 6.91. The van der Waals surface area contributed by atoms with Gasteiger partial charge in [0.15, 0.2) is 5.82 Å². The fourth-order valence-electron chi connectivity index (χ4n) is 2.98. The van der Waals surface area contributed by atoms with Crippen molar-refractivity contribution >= 4 is 17.6 Å². The van der Waals surface area contributed by atoms with E-state index in [0.29, 0.717) is 18.1 Å². The summed E-state index contributed by atoms with van der Waals surface area (Å²) in [7, 11) is 0. The van der Waals surface area contributed by atoms with Crippen molar-refractivity contribution in [3.05, 3.63) is 82.5 Å². The molecule has 0 atom stereocenters. The van der Waals surface area contributed by atoms with Gasteiger partial charge < -0.3 is 5.32 Å². The molecule has 0 bridgehead atoms. The van der Waals surface area contributed by atoms with Gasteiger partial charge in [-0.25, -0.2) is 14.3 Å². The molecule has 8 nitrogen and oxygen atoms in total. The fourth-order valence-corrected chi connectivity index (χ4v) is 2.98. The number of carbonyl (C=O) groups is 2. The Labute approximate surface area is 154 Å². The molecule has 1 N–H and O–H groups in total. The Bertz CT molecular complexity index is 1040. The highest BCUT2D eigenvalue weighted by Crippen LogP contribution is 2.21. The Morgan fingerprint density at radius 1 is 1.00 bits per heavy atom. The number of carbonyl (C=O) groups excluding carboxylic acids is 2. The van der Waals surface area contributed by atoms with Crippen LogP contribution < -0.4 is 15.9 Å². The van der Waals surface area contributed by atoms with Crippen molar-refractivity contribution in [2.75, 3.05) is 4.90 Å². The lowest BCUT2D eigenvalue weighted by molar-refractivity contribution is -0.122. The van der Waals surface area contributed by atoms with Crippen LogP contribution in [-0.4, -0.2) is 26.3 Å². The van der Waals surface area contributed by atoms with Crippen LogP contribution in [0.3, 0.4) is 0 Å². The second-order valence-corrected chi connectivity index (χ2v) is 6.16. The van der Waals surface area contributed by atoms with Crippen LogP contribution >= 0.6 is 0 Å². The molecule has 0 aliphatic carbocycles. The zero-order chi connectivity index (χ0) is 18.8. The summed E-state index contributed by atoms with van der Waals surface area (Å²) in [6.07, 6.45) is 0. The molecule has 1 aliphatic rings. The standard InChI is InChI=1S/C19H17N5O3/c25-17(20-11-14-7-3-1-4-8-14)13-23-19(27)24-16(21-23)12-22(18(24)26)15-9-5-2-6-10-15/h1-10H,11-13H2,(H,20,25). The number of hydrogen-bond donors (Lipinski definition) is 1. The van der Waals surface area contributed by atoms with Gasteiger partial charge in [-0.05, 0) is 17.7 Å². The maximum Gasteiger partial charge on any atom is 0.354 e. The number of para-hydroxylation sites is 1. The number of nitrogens with one attached hydrogen (secondary N) is 1. The summed E-state index contributed by atoms with van der Waals surface area (Å²) < 4.78 is 2.04. The molecule has 2 aromatic carbocycles. The van der Waals surface area contributed by atoms with E-state index in [1.54, 1.807) is 12.1 Å². The number of benzene rings is 2. The van der Waals surface area contributed by atoms with E-state index >= 15 is 0 Å². The fraction of sp³-hybridized carbons (Fsp3) is 0.158. The molecule has 0 spiro atoms. The molecule has 8 heteroatoms. The van der Waals surface area contributed by atoms with Gasteiger partial charge in [0.25, 0.3) is 0 Å². The van der Waals surface area contributed by atoms with Crippen LogP contribution in [0.2, 0.25) is 0 Å². The normalized spacial score (nSPS) is 12.9. The minimum atomic E-state index is -0.608. The predicted octanol–water partition coefficient (Wildman–Crippen LogP) is 1.35. The van der Waals surface area contributed by atoms with Crippen molar-refractivity contribution in [1.29, 1.82) is 0 Å². The van der Waals surface area contributed by atoms with E-state index in [4.69, 9.17) is 0 Å². The lowest BCUT2D eigenvalue weighted by atomic mass is 10.2. The smallest absolute Gasteiger partial charge is 0.350 e. The molecular weight excluding hydrogens is 346 g/mol. The average molecular weight is 363 g/mol. The molecule has 0 saturated heterocycles. The van der Waals surface area contributed by atoms with Crippen LogP contribution in [0.4, 0.5) is 10.5 Å². The molecule has 0 saturated carbocycles. The molecule has 0 radical (unpaired) electrons. The Morgan fingerprint density at radius 3 is 2.33 bits per heavy atom. The van der Waals surface area contributed by atoms with Gasteiger partial charge in [-0.2, -0.15) is 9.67 Å². The van der Waals surface area contributed by atoms with Crippen molar-refractivity contribution in [1.82, 2.24) is 19.7 Å². The zero-order valence-electron chi connectivity index (χ0n) is 14.4. The van der Waals surface area contributed by atoms with Gasteiger partial charge in [0, 0.05) is 12.2 Å². The summed E-state index contributed by atoms with van der Waals surface area (Å²) in [5.41, 5.74) is 1.04. The lowest BCUT2D eigenvalue weighted by Gasteiger charge is -2.14. The first-order chi connectivity index (χ1) is 13.1. The molecule has 1 aromatic heterocycles. The zero-order valence-corrected chi connectivity index (χ0v) is 14.4. The third kappa shape index (κ3) is 3.24. The summed E-state index contributed by atoms with van der Waals surface area (Å²) in [5, 5.41) is 6.90. The van der Waals surface area contributed by atoms with E-state index in [0.717, 1.165) is 14.8 Å². The minimum Gasteiger partial charge on any atom is -0.350 e. The molecule has 1 aliphatic heterocycles. The maximum atomic E-state index is 12.6. The Hall–Kier alpha value is -3.68. The summed E-state index contributed by atoms with van der Waals surface area (Å²) in [6, 6.07) is 18.1. The Morgan fingerprint density at radius 2 is 1.67 bits per heavy atom. The van der Waals surface area contributed by atoms with Gasteiger partial charge in [-0.1, -0.05) is 48.5 Å². The van der Waals surface area contributed by atoms with Crippen LogP contribution in [0.25, 0.3) is 0 Å². The monoisotopic (exact) mass is 363 g/mol. The number of amides is 2. The van der Waals surface area contributed by atoms with Gasteiger partial charge in [0.2, 0.25) is 5.91 Å². The van der Waals surface area contributed by atoms with Crippen LogP contribution in [0, 0.1) is 0 Å². The molecule has 4 rings (SSSR count). The Kier molecular flexibility index (Phi) is 4.29. The average Bonchev–Trinajstić information content (AvgIpc) is 3.18. The molecule has 136 valence electrons. The SMILES string of the molecule is O=C(Cn1nc2n(c1=O)C(=O)N(c1ccccc1)C2)NCc1ccccc1. The van der Waals surface area contributed by atoms with Crippen LogP contribution in [0.1, 0.15) is 11.4 Å². The molecule has 0 fully saturated rings. The molecule has 0 unspecified atom stereocenters.